The molecule has 0 aliphatic rings. The van der Waals surface area contributed by atoms with Gasteiger partial charge in [0.25, 0.3) is 0 Å². The third-order valence-corrected chi connectivity index (χ3v) is 2.69. The fraction of sp³-hybridized carbons (Fsp3) is 0.333. The van der Waals surface area contributed by atoms with Crippen molar-refractivity contribution in [2.24, 2.45) is 0 Å². The Morgan fingerprint density at radius 1 is 1.91 bits per heavy atom. The van der Waals surface area contributed by atoms with Gasteiger partial charge in [0.1, 0.15) is 0 Å². The van der Waals surface area contributed by atoms with Crippen LogP contribution in [0.1, 0.15) is 18.5 Å². The second-order valence-corrected chi connectivity index (χ2v) is 4.22. The van der Waals surface area contributed by atoms with Crippen molar-refractivity contribution in [2.75, 3.05) is 0 Å². The molecule has 1 N–H and O–H groups in total. The number of thiazole rings is 1. The highest BCUT2D eigenvalue weighted by atomic mass is 79.9. The third-order valence-electron chi connectivity index (χ3n) is 1.31. The lowest BCUT2D eigenvalue weighted by molar-refractivity contribution is -0.138. The summed E-state index contributed by atoms with van der Waals surface area (Å²) in [5.41, 5.74) is 0.606. The highest BCUT2D eigenvalue weighted by molar-refractivity contribution is 9.11. The summed E-state index contributed by atoms with van der Waals surface area (Å²) in [7, 11) is 0. The van der Waals surface area contributed by atoms with E-state index in [1.165, 1.54) is 11.3 Å². The number of aromatic nitrogens is 1. The van der Waals surface area contributed by atoms with E-state index >= 15 is 0 Å². The maximum absolute atomic E-state index is 10.5. The standard InChI is InChI=1S/C6H6BrNO2S/c1-3(5(9)10)4-2-11-6(7)8-4/h2-3H,1H3,(H,9,10)/t3-/m0/s1. The van der Waals surface area contributed by atoms with Gasteiger partial charge in [-0.3, -0.25) is 4.79 Å². The molecular weight excluding hydrogens is 230 g/mol. The maximum Gasteiger partial charge on any atom is 0.312 e. The predicted octanol–water partition coefficient (Wildman–Crippen LogP) is 2.09. The molecule has 1 heterocycles. The minimum Gasteiger partial charge on any atom is -0.481 e. The van der Waals surface area contributed by atoms with Gasteiger partial charge in [0.15, 0.2) is 3.92 Å². The minimum absolute atomic E-state index is 0.516. The van der Waals surface area contributed by atoms with Crippen LogP contribution >= 0.6 is 27.3 Å². The van der Waals surface area contributed by atoms with Crippen LogP contribution in [0.4, 0.5) is 0 Å². The highest BCUT2D eigenvalue weighted by Gasteiger charge is 2.15. The van der Waals surface area contributed by atoms with Gasteiger partial charge in [-0.05, 0) is 22.9 Å². The molecule has 60 valence electrons. The van der Waals surface area contributed by atoms with Crippen LogP contribution in [-0.2, 0) is 4.79 Å². The number of hydrogen-bond donors (Lipinski definition) is 1. The van der Waals surface area contributed by atoms with Gasteiger partial charge in [0.2, 0.25) is 0 Å². The number of nitrogens with zero attached hydrogens (tertiary/aromatic N) is 1. The number of hydrogen-bond acceptors (Lipinski definition) is 3. The summed E-state index contributed by atoms with van der Waals surface area (Å²) in [6.07, 6.45) is 0. The Morgan fingerprint density at radius 2 is 2.55 bits per heavy atom. The summed E-state index contributed by atoms with van der Waals surface area (Å²) in [6.45, 7) is 1.61. The SMILES string of the molecule is C[C@H](C(=O)O)c1csc(Br)n1. The van der Waals surface area contributed by atoms with Crippen LogP contribution in [0.2, 0.25) is 0 Å². The van der Waals surface area contributed by atoms with E-state index in [2.05, 4.69) is 20.9 Å². The summed E-state index contributed by atoms with van der Waals surface area (Å²) in [5, 5.41) is 10.3. The highest BCUT2D eigenvalue weighted by Crippen LogP contribution is 2.21. The first-order valence-corrected chi connectivity index (χ1v) is 4.62. The summed E-state index contributed by atoms with van der Waals surface area (Å²) < 4.78 is 0.723. The molecule has 0 aliphatic heterocycles. The molecule has 0 aromatic carbocycles. The van der Waals surface area contributed by atoms with Gasteiger partial charge in [-0.2, -0.15) is 0 Å². The van der Waals surface area contributed by atoms with Crippen molar-refractivity contribution in [3.8, 4) is 0 Å². The Bertz CT molecular complexity index is 273. The average Bonchev–Trinajstić information content (AvgIpc) is 2.34. The zero-order valence-electron chi connectivity index (χ0n) is 5.74. The van der Waals surface area contributed by atoms with E-state index in [0.717, 1.165) is 3.92 Å². The minimum atomic E-state index is -0.845. The molecule has 0 saturated heterocycles. The fourth-order valence-corrected chi connectivity index (χ4v) is 1.71. The molecule has 0 radical (unpaired) electrons. The van der Waals surface area contributed by atoms with Gasteiger partial charge in [-0.1, -0.05) is 0 Å². The topological polar surface area (TPSA) is 50.2 Å². The van der Waals surface area contributed by atoms with Crippen molar-refractivity contribution in [3.63, 3.8) is 0 Å². The van der Waals surface area contributed by atoms with Gasteiger partial charge in [0.05, 0.1) is 11.6 Å². The summed E-state index contributed by atoms with van der Waals surface area (Å²) in [5.74, 6) is -1.36. The molecule has 0 saturated carbocycles. The first-order chi connectivity index (χ1) is 5.11. The lowest BCUT2D eigenvalue weighted by Crippen LogP contribution is -2.07. The lowest BCUT2D eigenvalue weighted by Gasteiger charge is -1.98. The number of carboxylic acid groups (broad SMARTS) is 1. The van der Waals surface area contributed by atoms with Crippen molar-refractivity contribution in [1.29, 1.82) is 0 Å². The third kappa shape index (κ3) is 2.00. The molecule has 0 aliphatic carbocycles. The second kappa shape index (κ2) is 3.32. The van der Waals surface area contributed by atoms with Gasteiger partial charge >= 0.3 is 5.97 Å². The van der Waals surface area contributed by atoms with Crippen molar-refractivity contribution >= 4 is 33.2 Å². The van der Waals surface area contributed by atoms with Crippen LogP contribution in [0.25, 0.3) is 0 Å². The fourth-order valence-electron chi connectivity index (χ4n) is 0.589. The van der Waals surface area contributed by atoms with Crippen LogP contribution in [0.15, 0.2) is 9.30 Å². The Kier molecular flexibility index (Phi) is 2.62. The Hall–Kier alpha value is -0.420. The van der Waals surface area contributed by atoms with Crippen LogP contribution in [0, 0.1) is 0 Å². The molecule has 1 aromatic heterocycles. The molecule has 0 spiro atoms. The van der Waals surface area contributed by atoms with E-state index in [4.69, 9.17) is 5.11 Å². The molecule has 1 rings (SSSR count). The van der Waals surface area contributed by atoms with Crippen molar-refractivity contribution < 1.29 is 9.90 Å². The first-order valence-electron chi connectivity index (χ1n) is 2.95. The molecular formula is C6H6BrNO2S. The number of carboxylic acids is 1. The predicted molar refractivity (Wildman–Crippen MR) is 45.9 cm³/mol. The average molecular weight is 236 g/mol. The van der Waals surface area contributed by atoms with Crippen LogP contribution < -0.4 is 0 Å². The number of halogens is 1. The van der Waals surface area contributed by atoms with Crippen LogP contribution in [0.3, 0.4) is 0 Å². The second-order valence-electron chi connectivity index (χ2n) is 2.09. The van der Waals surface area contributed by atoms with Crippen molar-refractivity contribution in [3.05, 3.63) is 15.0 Å². The summed E-state index contributed by atoms with van der Waals surface area (Å²) in [4.78, 5) is 14.4. The largest absolute Gasteiger partial charge is 0.481 e. The molecule has 1 atom stereocenters. The summed E-state index contributed by atoms with van der Waals surface area (Å²) in [6, 6.07) is 0. The molecule has 0 amide bonds. The maximum atomic E-state index is 10.5. The Labute approximate surface area is 76.2 Å². The van der Waals surface area contributed by atoms with Gasteiger partial charge in [-0.25, -0.2) is 4.98 Å². The molecule has 0 unspecified atom stereocenters. The number of aliphatic carboxylic acids is 1. The van der Waals surface area contributed by atoms with Crippen molar-refractivity contribution in [1.82, 2.24) is 4.98 Å². The van der Waals surface area contributed by atoms with Crippen LogP contribution in [-0.4, -0.2) is 16.1 Å². The zero-order chi connectivity index (χ0) is 8.43. The van der Waals surface area contributed by atoms with E-state index in [1.54, 1.807) is 12.3 Å². The van der Waals surface area contributed by atoms with E-state index in [9.17, 15) is 4.79 Å². The normalized spacial score (nSPS) is 12.9. The monoisotopic (exact) mass is 235 g/mol. The smallest absolute Gasteiger partial charge is 0.312 e. The number of rotatable bonds is 2. The van der Waals surface area contributed by atoms with Gasteiger partial charge in [-0.15, -0.1) is 11.3 Å². The molecule has 0 bridgehead atoms. The molecule has 0 fully saturated rings. The van der Waals surface area contributed by atoms with Crippen molar-refractivity contribution in [2.45, 2.75) is 12.8 Å². The molecule has 1 aromatic rings. The number of carbonyl (C=O) groups is 1. The molecule has 11 heavy (non-hydrogen) atoms. The van der Waals surface area contributed by atoms with E-state index in [-0.39, 0.29) is 0 Å². The Morgan fingerprint density at radius 3 is 2.91 bits per heavy atom. The molecule has 3 nitrogen and oxygen atoms in total. The zero-order valence-corrected chi connectivity index (χ0v) is 8.15. The molecule has 5 heteroatoms. The summed E-state index contributed by atoms with van der Waals surface area (Å²) >= 11 is 4.56. The lowest BCUT2D eigenvalue weighted by atomic mass is 10.1. The van der Waals surface area contributed by atoms with Crippen LogP contribution in [0.5, 0.6) is 0 Å². The van der Waals surface area contributed by atoms with E-state index in [0.29, 0.717) is 5.69 Å². The van der Waals surface area contributed by atoms with E-state index in [1.807, 2.05) is 0 Å². The first kappa shape index (κ1) is 8.67. The van der Waals surface area contributed by atoms with E-state index < -0.39 is 11.9 Å². The Balaban J connectivity index is 2.84. The quantitative estimate of drug-likeness (QED) is 0.855. The van der Waals surface area contributed by atoms with Gasteiger partial charge in [0, 0.05) is 5.38 Å². The van der Waals surface area contributed by atoms with Gasteiger partial charge < -0.3 is 5.11 Å².